The first-order chi connectivity index (χ1) is 8.18. The van der Waals surface area contributed by atoms with Gasteiger partial charge < -0.3 is 14.1 Å². The van der Waals surface area contributed by atoms with Crippen molar-refractivity contribution < 1.29 is 14.3 Å². The number of hydrogen-bond donors (Lipinski definition) is 1. The predicted octanol–water partition coefficient (Wildman–Crippen LogP) is 3.09. The van der Waals surface area contributed by atoms with Gasteiger partial charge in [0.1, 0.15) is 5.76 Å². The van der Waals surface area contributed by atoms with Crippen molar-refractivity contribution in [3.05, 3.63) is 35.7 Å². The third kappa shape index (κ3) is 1.56. The molecule has 17 heavy (non-hydrogen) atoms. The van der Waals surface area contributed by atoms with Gasteiger partial charge >= 0.3 is 5.97 Å². The monoisotopic (exact) mass is 231 g/mol. The fraction of sp³-hybridized carbons (Fsp3) is 0.308. The molecular formula is C13H13NO3. The molecule has 0 aromatic carbocycles. The smallest absolute Gasteiger partial charge is 0.337 e. The van der Waals surface area contributed by atoms with E-state index in [9.17, 15) is 4.79 Å². The number of hydrogen-bond acceptors (Lipinski definition) is 2. The molecule has 3 rings (SSSR count). The standard InChI is InChI=1S/C13H13NO3/c1-8-10(13(15)16)7-11(12-3-2-6-17-12)14(8)9-4-5-9/h2-3,6-7,9H,4-5H2,1H3,(H,15,16). The number of nitrogens with zero attached hydrogens (tertiary/aromatic N) is 1. The summed E-state index contributed by atoms with van der Waals surface area (Å²) in [7, 11) is 0. The van der Waals surface area contributed by atoms with Crippen molar-refractivity contribution in [1.82, 2.24) is 4.57 Å². The lowest BCUT2D eigenvalue weighted by molar-refractivity contribution is 0.0696. The van der Waals surface area contributed by atoms with E-state index in [1.807, 2.05) is 19.1 Å². The molecule has 0 unspecified atom stereocenters. The lowest BCUT2D eigenvalue weighted by Crippen LogP contribution is -2.02. The molecule has 88 valence electrons. The second kappa shape index (κ2) is 3.52. The van der Waals surface area contributed by atoms with Crippen LogP contribution in [0.5, 0.6) is 0 Å². The zero-order valence-corrected chi connectivity index (χ0v) is 9.51. The van der Waals surface area contributed by atoms with Crippen molar-refractivity contribution >= 4 is 5.97 Å². The molecule has 0 bridgehead atoms. The topological polar surface area (TPSA) is 55.4 Å². The minimum Gasteiger partial charge on any atom is -0.478 e. The van der Waals surface area contributed by atoms with Crippen LogP contribution in [0.1, 0.15) is 34.9 Å². The van der Waals surface area contributed by atoms with E-state index in [4.69, 9.17) is 9.52 Å². The van der Waals surface area contributed by atoms with E-state index in [1.165, 1.54) is 0 Å². The summed E-state index contributed by atoms with van der Waals surface area (Å²) in [5.41, 5.74) is 2.04. The van der Waals surface area contributed by atoms with Gasteiger partial charge in [0.2, 0.25) is 0 Å². The van der Waals surface area contributed by atoms with E-state index in [0.717, 1.165) is 30.0 Å². The molecule has 0 saturated heterocycles. The van der Waals surface area contributed by atoms with Gasteiger partial charge in [-0.15, -0.1) is 0 Å². The van der Waals surface area contributed by atoms with Gasteiger partial charge in [0, 0.05) is 11.7 Å². The lowest BCUT2D eigenvalue weighted by Gasteiger charge is -2.08. The van der Waals surface area contributed by atoms with Gasteiger partial charge in [-0.1, -0.05) is 0 Å². The summed E-state index contributed by atoms with van der Waals surface area (Å²) in [6.07, 6.45) is 3.83. The van der Waals surface area contributed by atoms with Crippen LogP contribution in [0.3, 0.4) is 0 Å². The van der Waals surface area contributed by atoms with Crippen LogP contribution >= 0.6 is 0 Å². The van der Waals surface area contributed by atoms with Crippen molar-refractivity contribution in [1.29, 1.82) is 0 Å². The van der Waals surface area contributed by atoms with E-state index in [-0.39, 0.29) is 0 Å². The largest absolute Gasteiger partial charge is 0.478 e. The molecule has 2 heterocycles. The SMILES string of the molecule is Cc1c(C(=O)O)cc(-c2ccco2)n1C1CC1. The molecule has 1 aliphatic carbocycles. The van der Waals surface area contributed by atoms with Crippen molar-refractivity contribution in [3.63, 3.8) is 0 Å². The summed E-state index contributed by atoms with van der Waals surface area (Å²) in [5, 5.41) is 9.16. The summed E-state index contributed by atoms with van der Waals surface area (Å²) in [5.74, 6) is -0.151. The lowest BCUT2D eigenvalue weighted by atomic mass is 10.2. The van der Waals surface area contributed by atoms with Crippen molar-refractivity contribution in [3.8, 4) is 11.5 Å². The Morgan fingerprint density at radius 1 is 1.53 bits per heavy atom. The Morgan fingerprint density at radius 3 is 2.82 bits per heavy atom. The van der Waals surface area contributed by atoms with Gasteiger partial charge in [0.15, 0.2) is 0 Å². The highest BCUT2D eigenvalue weighted by Crippen LogP contribution is 2.41. The zero-order chi connectivity index (χ0) is 12.0. The van der Waals surface area contributed by atoms with E-state index in [1.54, 1.807) is 12.3 Å². The molecule has 1 saturated carbocycles. The molecule has 4 nitrogen and oxygen atoms in total. The Labute approximate surface area is 98.5 Å². The maximum Gasteiger partial charge on any atom is 0.337 e. The Hall–Kier alpha value is -1.97. The Kier molecular flexibility index (Phi) is 2.11. The third-order valence-corrected chi connectivity index (χ3v) is 3.21. The fourth-order valence-electron chi connectivity index (χ4n) is 2.26. The summed E-state index contributed by atoms with van der Waals surface area (Å²) in [4.78, 5) is 11.2. The minimum atomic E-state index is -0.880. The van der Waals surface area contributed by atoms with Crippen molar-refractivity contribution in [2.75, 3.05) is 0 Å². The number of aromatic nitrogens is 1. The van der Waals surface area contributed by atoms with Crippen LogP contribution in [0.2, 0.25) is 0 Å². The normalized spacial score (nSPS) is 15.1. The molecular weight excluding hydrogens is 218 g/mol. The maximum absolute atomic E-state index is 11.2. The second-order valence-corrected chi connectivity index (χ2v) is 4.41. The van der Waals surface area contributed by atoms with Gasteiger partial charge in [-0.2, -0.15) is 0 Å². The van der Waals surface area contributed by atoms with Crippen LogP contribution in [0.15, 0.2) is 28.9 Å². The Bertz CT molecular complexity index is 562. The highest BCUT2D eigenvalue weighted by atomic mass is 16.4. The van der Waals surface area contributed by atoms with E-state index in [0.29, 0.717) is 11.6 Å². The van der Waals surface area contributed by atoms with Gasteiger partial charge in [-0.05, 0) is 38.0 Å². The second-order valence-electron chi connectivity index (χ2n) is 4.41. The van der Waals surface area contributed by atoms with E-state index >= 15 is 0 Å². The number of carboxylic acids is 1. The molecule has 2 aromatic heterocycles. The molecule has 0 aliphatic heterocycles. The van der Waals surface area contributed by atoms with Gasteiger partial charge in [-0.3, -0.25) is 0 Å². The molecule has 0 atom stereocenters. The number of carbonyl (C=O) groups is 1. The van der Waals surface area contributed by atoms with Crippen LogP contribution in [-0.2, 0) is 0 Å². The minimum absolute atomic E-state index is 0.364. The Balaban J connectivity index is 2.19. The highest BCUT2D eigenvalue weighted by molar-refractivity contribution is 5.91. The fourth-order valence-corrected chi connectivity index (χ4v) is 2.26. The maximum atomic E-state index is 11.2. The summed E-state index contributed by atoms with van der Waals surface area (Å²) >= 11 is 0. The molecule has 1 N–H and O–H groups in total. The van der Waals surface area contributed by atoms with Crippen LogP contribution in [-0.4, -0.2) is 15.6 Å². The molecule has 4 heteroatoms. The predicted molar refractivity (Wildman–Crippen MR) is 62.1 cm³/mol. The molecule has 0 radical (unpaired) electrons. The van der Waals surface area contributed by atoms with Gasteiger partial charge in [0.05, 0.1) is 17.5 Å². The highest BCUT2D eigenvalue weighted by Gasteiger charge is 2.30. The van der Waals surface area contributed by atoms with Crippen LogP contribution in [0.4, 0.5) is 0 Å². The molecule has 0 amide bonds. The van der Waals surface area contributed by atoms with E-state index < -0.39 is 5.97 Å². The molecule has 1 aliphatic rings. The first-order valence-corrected chi connectivity index (χ1v) is 5.67. The number of carboxylic acid groups (broad SMARTS) is 1. The molecule has 0 spiro atoms. The average Bonchev–Trinajstić information content (AvgIpc) is 2.86. The first-order valence-electron chi connectivity index (χ1n) is 5.67. The van der Waals surface area contributed by atoms with Crippen molar-refractivity contribution in [2.45, 2.75) is 25.8 Å². The Morgan fingerprint density at radius 2 is 2.29 bits per heavy atom. The van der Waals surface area contributed by atoms with Gasteiger partial charge in [0.25, 0.3) is 0 Å². The summed E-state index contributed by atoms with van der Waals surface area (Å²) in [6, 6.07) is 5.81. The quantitative estimate of drug-likeness (QED) is 0.883. The number of aromatic carboxylic acids is 1. The molecule has 2 aromatic rings. The van der Waals surface area contributed by atoms with Crippen LogP contribution < -0.4 is 0 Å². The summed E-state index contributed by atoms with van der Waals surface area (Å²) < 4.78 is 7.46. The summed E-state index contributed by atoms with van der Waals surface area (Å²) in [6.45, 7) is 1.86. The average molecular weight is 231 g/mol. The third-order valence-electron chi connectivity index (χ3n) is 3.21. The van der Waals surface area contributed by atoms with E-state index in [2.05, 4.69) is 4.57 Å². The van der Waals surface area contributed by atoms with Crippen molar-refractivity contribution in [2.24, 2.45) is 0 Å². The number of furan rings is 1. The van der Waals surface area contributed by atoms with Crippen LogP contribution in [0, 0.1) is 6.92 Å². The first kappa shape index (κ1) is 10.2. The van der Waals surface area contributed by atoms with Gasteiger partial charge in [-0.25, -0.2) is 4.79 Å². The zero-order valence-electron chi connectivity index (χ0n) is 9.51. The molecule has 1 fully saturated rings. The van der Waals surface area contributed by atoms with Crippen LogP contribution in [0.25, 0.3) is 11.5 Å². The number of rotatable bonds is 3.